The van der Waals surface area contributed by atoms with Gasteiger partial charge in [-0.05, 0) is 51.4 Å². The molecule has 0 rings (SSSR count). The predicted octanol–water partition coefficient (Wildman–Crippen LogP) is 18.9. The Labute approximate surface area is 395 Å². The molecule has 1 amide bonds. The Hall–Kier alpha value is -1.39. The van der Waals surface area contributed by atoms with Crippen molar-refractivity contribution < 1.29 is 15.0 Å². The molecule has 4 heteroatoms. The van der Waals surface area contributed by atoms with Crippen molar-refractivity contribution in [2.24, 2.45) is 0 Å². The van der Waals surface area contributed by atoms with E-state index in [1.54, 1.807) is 0 Å². The monoisotopic (exact) mass is 884 g/mol. The molecule has 0 aromatic rings. The number of allylic oxidation sites excluding steroid dienone is 6. The van der Waals surface area contributed by atoms with Gasteiger partial charge in [-0.2, -0.15) is 0 Å². The first-order valence-corrected chi connectivity index (χ1v) is 28.7. The van der Waals surface area contributed by atoms with Gasteiger partial charge in [0.15, 0.2) is 0 Å². The normalized spacial score (nSPS) is 13.0. The van der Waals surface area contributed by atoms with Crippen LogP contribution >= 0.6 is 0 Å². The van der Waals surface area contributed by atoms with Crippen LogP contribution in [0.1, 0.15) is 316 Å². The molecule has 0 saturated heterocycles. The van der Waals surface area contributed by atoms with E-state index in [0.717, 1.165) is 38.5 Å². The Morgan fingerprint density at radius 3 is 0.968 bits per heavy atom. The Bertz CT molecular complexity index is 958. The van der Waals surface area contributed by atoms with Crippen LogP contribution in [0.4, 0.5) is 0 Å². The summed E-state index contributed by atoms with van der Waals surface area (Å²) in [5.74, 6) is -0.0264. The van der Waals surface area contributed by atoms with E-state index in [2.05, 4.69) is 55.6 Å². The van der Waals surface area contributed by atoms with Crippen LogP contribution in [0.5, 0.6) is 0 Å². The van der Waals surface area contributed by atoms with E-state index in [-0.39, 0.29) is 12.5 Å². The molecular weight excluding hydrogens is 771 g/mol. The standard InChI is InChI=1S/C59H113NO3/c1-3-5-7-9-11-13-15-17-19-21-23-24-25-26-27-28-29-30-31-32-33-34-35-36-37-39-41-43-45-47-49-51-53-55-59(63)60-57(56-61)58(62)54-52-50-48-46-44-42-40-38-22-20-18-16-14-12-10-8-6-4-2/h15,17,21,23,25-26,57-58,61-62H,3-14,16,18-20,22,24,27-56H2,1-2H3,(H,60,63)/b17-15-,23-21-,26-25-. The maximum absolute atomic E-state index is 12.5. The average Bonchev–Trinajstić information content (AvgIpc) is 3.29. The van der Waals surface area contributed by atoms with Gasteiger partial charge in [-0.3, -0.25) is 4.79 Å². The number of hydrogen-bond acceptors (Lipinski definition) is 3. The quantitative estimate of drug-likeness (QED) is 0.0421. The van der Waals surface area contributed by atoms with Gasteiger partial charge >= 0.3 is 0 Å². The zero-order chi connectivity index (χ0) is 45.6. The second-order valence-electron chi connectivity index (χ2n) is 19.7. The van der Waals surface area contributed by atoms with E-state index in [1.807, 2.05) is 0 Å². The van der Waals surface area contributed by atoms with Crippen LogP contribution < -0.4 is 5.32 Å². The van der Waals surface area contributed by atoms with Crippen LogP contribution in [0.25, 0.3) is 0 Å². The molecule has 4 nitrogen and oxygen atoms in total. The average molecular weight is 885 g/mol. The van der Waals surface area contributed by atoms with E-state index in [1.165, 1.54) is 250 Å². The minimum atomic E-state index is -0.658. The lowest BCUT2D eigenvalue weighted by atomic mass is 10.0. The number of amides is 1. The molecular formula is C59H113NO3. The number of rotatable bonds is 53. The molecule has 2 unspecified atom stereocenters. The molecule has 0 aliphatic rings. The summed E-state index contributed by atoms with van der Waals surface area (Å²) in [6, 6.07) is -0.535. The Morgan fingerprint density at radius 1 is 0.381 bits per heavy atom. The van der Waals surface area contributed by atoms with Crippen LogP contribution in [-0.4, -0.2) is 34.9 Å². The van der Waals surface area contributed by atoms with E-state index >= 15 is 0 Å². The fraction of sp³-hybridized carbons (Fsp3) is 0.881. The Balaban J connectivity index is 3.42. The topological polar surface area (TPSA) is 69.6 Å². The highest BCUT2D eigenvalue weighted by atomic mass is 16.3. The molecule has 0 aromatic heterocycles. The summed E-state index contributed by atoms with van der Waals surface area (Å²) in [4.78, 5) is 12.5. The second kappa shape index (κ2) is 54.9. The maximum atomic E-state index is 12.5. The van der Waals surface area contributed by atoms with Crippen molar-refractivity contribution in [3.05, 3.63) is 36.5 Å². The van der Waals surface area contributed by atoms with E-state index in [0.29, 0.717) is 12.8 Å². The molecule has 0 aliphatic heterocycles. The summed E-state index contributed by atoms with van der Waals surface area (Å²) in [5, 5.41) is 23.3. The number of nitrogens with one attached hydrogen (secondary N) is 1. The third-order valence-electron chi connectivity index (χ3n) is 13.4. The van der Waals surface area contributed by atoms with E-state index in [4.69, 9.17) is 0 Å². The number of carbonyl (C=O) groups is 1. The first-order chi connectivity index (χ1) is 31.2. The van der Waals surface area contributed by atoms with Crippen LogP contribution in [-0.2, 0) is 4.79 Å². The fourth-order valence-electron chi connectivity index (χ4n) is 9.02. The highest BCUT2D eigenvalue weighted by Crippen LogP contribution is 2.18. The molecule has 63 heavy (non-hydrogen) atoms. The van der Waals surface area contributed by atoms with Crippen molar-refractivity contribution in [3.63, 3.8) is 0 Å². The Kier molecular flexibility index (Phi) is 53.7. The second-order valence-corrected chi connectivity index (χ2v) is 19.7. The van der Waals surface area contributed by atoms with Crippen molar-refractivity contribution in [1.82, 2.24) is 5.32 Å². The zero-order valence-electron chi connectivity index (χ0n) is 42.9. The molecule has 3 N–H and O–H groups in total. The molecule has 0 heterocycles. The summed E-state index contributed by atoms with van der Waals surface area (Å²) in [6.07, 6.45) is 74.2. The van der Waals surface area contributed by atoms with Gasteiger partial charge < -0.3 is 15.5 Å². The number of aliphatic hydroxyl groups is 2. The van der Waals surface area contributed by atoms with Crippen molar-refractivity contribution in [2.75, 3.05) is 6.61 Å². The predicted molar refractivity (Wildman–Crippen MR) is 281 cm³/mol. The van der Waals surface area contributed by atoms with Gasteiger partial charge in [-0.25, -0.2) is 0 Å². The van der Waals surface area contributed by atoms with Crippen LogP contribution in [0.15, 0.2) is 36.5 Å². The third kappa shape index (κ3) is 51.5. The summed E-state index contributed by atoms with van der Waals surface area (Å²) in [6.45, 7) is 4.37. The smallest absolute Gasteiger partial charge is 0.220 e. The number of aliphatic hydroxyl groups excluding tert-OH is 2. The molecule has 0 aromatic carbocycles. The van der Waals surface area contributed by atoms with E-state index in [9.17, 15) is 15.0 Å². The van der Waals surface area contributed by atoms with Gasteiger partial charge in [0.2, 0.25) is 5.91 Å². The molecule has 0 fully saturated rings. The van der Waals surface area contributed by atoms with Gasteiger partial charge in [-0.15, -0.1) is 0 Å². The summed E-state index contributed by atoms with van der Waals surface area (Å²) < 4.78 is 0. The first-order valence-electron chi connectivity index (χ1n) is 28.7. The highest BCUT2D eigenvalue weighted by molar-refractivity contribution is 5.76. The van der Waals surface area contributed by atoms with E-state index < -0.39 is 12.1 Å². The molecule has 0 radical (unpaired) electrons. The summed E-state index contributed by atoms with van der Waals surface area (Å²) in [7, 11) is 0. The van der Waals surface area contributed by atoms with Crippen molar-refractivity contribution in [3.8, 4) is 0 Å². The van der Waals surface area contributed by atoms with Gasteiger partial charge in [0.25, 0.3) is 0 Å². The van der Waals surface area contributed by atoms with Gasteiger partial charge in [0.05, 0.1) is 18.8 Å². The van der Waals surface area contributed by atoms with Crippen LogP contribution in [0, 0.1) is 0 Å². The molecule has 0 bridgehead atoms. The summed E-state index contributed by atoms with van der Waals surface area (Å²) in [5.41, 5.74) is 0. The van der Waals surface area contributed by atoms with Crippen LogP contribution in [0.3, 0.4) is 0 Å². The molecule has 0 saturated carbocycles. The van der Waals surface area contributed by atoms with Crippen molar-refractivity contribution in [1.29, 1.82) is 0 Å². The zero-order valence-corrected chi connectivity index (χ0v) is 42.9. The Morgan fingerprint density at radius 2 is 0.651 bits per heavy atom. The molecule has 2 atom stereocenters. The minimum absolute atomic E-state index is 0.0264. The number of hydrogen-bond donors (Lipinski definition) is 3. The SMILES string of the molecule is CCCCCCC/C=C\C/C=C\C/C=C\CCCCCCCCCCCCCCCCCCCCC(=O)NC(CO)C(O)CCCCCCCCCCCCCCCCCCCC. The molecule has 372 valence electrons. The first kappa shape index (κ1) is 61.6. The number of unbranched alkanes of at least 4 members (excludes halogenated alkanes) is 40. The van der Waals surface area contributed by atoms with Crippen LogP contribution in [0.2, 0.25) is 0 Å². The van der Waals surface area contributed by atoms with Crippen molar-refractivity contribution in [2.45, 2.75) is 328 Å². The lowest BCUT2D eigenvalue weighted by molar-refractivity contribution is -0.123. The lowest BCUT2D eigenvalue weighted by Crippen LogP contribution is -2.45. The lowest BCUT2D eigenvalue weighted by Gasteiger charge is -2.22. The highest BCUT2D eigenvalue weighted by Gasteiger charge is 2.20. The third-order valence-corrected chi connectivity index (χ3v) is 13.4. The van der Waals surface area contributed by atoms with Gasteiger partial charge in [0, 0.05) is 6.42 Å². The van der Waals surface area contributed by atoms with Gasteiger partial charge in [-0.1, -0.05) is 294 Å². The largest absolute Gasteiger partial charge is 0.394 e. The van der Waals surface area contributed by atoms with Crippen molar-refractivity contribution >= 4 is 5.91 Å². The minimum Gasteiger partial charge on any atom is -0.394 e. The summed E-state index contributed by atoms with van der Waals surface area (Å²) >= 11 is 0. The molecule has 0 aliphatic carbocycles. The molecule has 0 spiro atoms. The fourth-order valence-corrected chi connectivity index (χ4v) is 9.02. The maximum Gasteiger partial charge on any atom is 0.220 e. The van der Waals surface area contributed by atoms with Gasteiger partial charge in [0.1, 0.15) is 0 Å². The number of carbonyl (C=O) groups excluding carboxylic acids is 1.